The Balaban J connectivity index is 2.25. The van der Waals surface area contributed by atoms with E-state index in [0.717, 1.165) is 31.6 Å². The first-order valence-electron chi connectivity index (χ1n) is 5.19. The van der Waals surface area contributed by atoms with Crippen molar-refractivity contribution < 1.29 is 0 Å². The lowest BCUT2D eigenvalue weighted by Crippen LogP contribution is -1.92. The van der Waals surface area contributed by atoms with Crippen molar-refractivity contribution in [3.05, 3.63) is 35.4 Å². The Morgan fingerprint density at radius 1 is 1.35 bits per heavy atom. The summed E-state index contributed by atoms with van der Waals surface area (Å²) in [6, 6.07) is 3.88. The quantitative estimate of drug-likeness (QED) is 0.671. The van der Waals surface area contributed by atoms with Crippen molar-refractivity contribution in [2.24, 2.45) is 7.05 Å². The Labute approximate surface area is 108 Å². The van der Waals surface area contributed by atoms with E-state index in [4.69, 9.17) is 11.6 Å². The highest BCUT2D eigenvalue weighted by molar-refractivity contribution is 7.22. The molecule has 0 spiro atoms. The van der Waals surface area contributed by atoms with Gasteiger partial charge >= 0.3 is 0 Å². The fourth-order valence-electron chi connectivity index (χ4n) is 1.76. The molecule has 0 saturated heterocycles. The van der Waals surface area contributed by atoms with Crippen LogP contribution >= 0.6 is 22.9 Å². The molecule has 0 aromatic carbocycles. The molecule has 3 aromatic heterocycles. The highest BCUT2D eigenvalue weighted by Crippen LogP contribution is 2.36. The Morgan fingerprint density at radius 3 is 2.82 bits per heavy atom. The maximum absolute atomic E-state index is 6.15. The number of rotatable bonds is 1. The largest absolute Gasteiger partial charge is 0.331 e. The molecule has 0 atom stereocenters. The van der Waals surface area contributed by atoms with E-state index in [9.17, 15) is 0 Å². The van der Waals surface area contributed by atoms with Gasteiger partial charge in [-0.3, -0.25) is 4.98 Å². The molecule has 0 radical (unpaired) electrons. The van der Waals surface area contributed by atoms with Crippen molar-refractivity contribution in [1.82, 2.24) is 14.5 Å². The molecular formula is C12H10ClN3S. The summed E-state index contributed by atoms with van der Waals surface area (Å²) in [5.74, 6) is 0.997. The highest BCUT2D eigenvalue weighted by atomic mass is 35.5. The van der Waals surface area contributed by atoms with E-state index < -0.39 is 0 Å². The summed E-state index contributed by atoms with van der Waals surface area (Å²) in [6.45, 7) is 1.99. The number of nitrogens with zero attached hydrogens (tertiary/aromatic N) is 3. The van der Waals surface area contributed by atoms with Crippen LogP contribution in [0.15, 0.2) is 24.5 Å². The number of thiophene rings is 1. The number of aryl methyl sites for hydroxylation is 1. The van der Waals surface area contributed by atoms with Crippen LogP contribution in [0.3, 0.4) is 0 Å². The van der Waals surface area contributed by atoms with Gasteiger partial charge in [-0.25, -0.2) is 4.98 Å². The maximum Gasteiger partial charge on any atom is 0.105 e. The number of halogens is 1. The van der Waals surface area contributed by atoms with Crippen LogP contribution in [0.5, 0.6) is 0 Å². The van der Waals surface area contributed by atoms with Crippen molar-refractivity contribution in [3.63, 3.8) is 0 Å². The normalized spacial score (nSPS) is 11.2. The lowest BCUT2D eigenvalue weighted by molar-refractivity contribution is 0.866. The molecule has 0 aliphatic heterocycles. The molecule has 86 valence electrons. The highest BCUT2D eigenvalue weighted by Gasteiger charge is 2.11. The molecule has 3 heterocycles. The van der Waals surface area contributed by atoms with Crippen molar-refractivity contribution in [2.45, 2.75) is 6.92 Å². The first kappa shape index (κ1) is 10.7. The van der Waals surface area contributed by atoms with Gasteiger partial charge in [-0.15, -0.1) is 11.3 Å². The average molecular weight is 264 g/mol. The van der Waals surface area contributed by atoms with Crippen LogP contribution in [0, 0.1) is 6.92 Å². The minimum atomic E-state index is 0.755. The zero-order valence-electron chi connectivity index (χ0n) is 9.44. The molecule has 5 heteroatoms. The van der Waals surface area contributed by atoms with Gasteiger partial charge in [0.2, 0.25) is 0 Å². The topological polar surface area (TPSA) is 30.7 Å². The number of pyridine rings is 1. The van der Waals surface area contributed by atoms with E-state index in [-0.39, 0.29) is 0 Å². The second-order valence-corrected chi connectivity index (χ2v) is 5.33. The molecular weight excluding hydrogens is 254 g/mol. The monoisotopic (exact) mass is 263 g/mol. The van der Waals surface area contributed by atoms with E-state index in [1.807, 2.05) is 26.2 Å². The molecule has 0 fully saturated rings. The van der Waals surface area contributed by atoms with Crippen LogP contribution < -0.4 is 0 Å². The molecule has 0 aliphatic rings. The predicted octanol–water partition coefficient (Wildman–Crippen LogP) is 3.66. The van der Waals surface area contributed by atoms with Crippen LogP contribution in [0.1, 0.15) is 5.82 Å². The van der Waals surface area contributed by atoms with Crippen molar-refractivity contribution in [3.8, 4) is 10.6 Å². The first-order chi connectivity index (χ1) is 8.16. The standard InChI is InChI=1S/C12H10ClN3S/c1-7-15-6-10(16(7)2)11-5-9-12(17-11)8(13)3-4-14-9/h3-6H,1-2H3. The summed E-state index contributed by atoms with van der Waals surface area (Å²) in [6.07, 6.45) is 3.61. The zero-order chi connectivity index (χ0) is 12.0. The summed E-state index contributed by atoms with van der Waals surface area (Å²) in [7, 11) is 2.01. The van der Waals surface area contributed by atoms with Crippen LogP contribution in [-0.4, -0.2) is 14.5 Å². The van der Waals surface area contributed by atoms with Crippen LogP contribution in [-0.2, 0) is 7.05 Å². The molecule has 3 rings (SSSR count). The molecule has 0 unspecified atom stereocenters. The Kier molecular flexibility index (Phi) is 2.42. The zero-order valence-corrected chi connectivity index (χ0v) is 11.0. The van der Waals surface area contributed by atoms with E-state index in [2.05, 4.69) is 20.6 Å². The number of hydrogen-bond donors (Lipinski definition) is 0. The van der Waals surface area contributed by atoms with Gasteiger partial charge in [0.15, 0.2) is 0 Å². The van der Waals surface area contributed by atoms with Gasteiger partial charge in [0.1, 0.15) is 5.82 Å². The summed E-state index contributed by atoms with van der Waals surface area (Å²) in [4.78, 5) is 9.76. The smallest absolute Gasteiger partial charge is 0.105 e. The second-order valence-electron chi connectivity index (χ2n) is 3.87. The van der Waals surface area contributed by atoms with Crippen LogP contribution in [0.2, 0.25) is 5.02 Å². The van der Waals surface area contributed by atoms with Gasteiger partial charge in [0, 0.05) is 13.2 Å². The summed E-state index contributed by atoms with van der Waals surface area (Å²) >= 11 is 7.80. The van der Waals surface area contributed by atoms with E-state index in [0.29, 0.717) is 0 Å². The molecule has 0 N–H and O–H groups in total. The van der Waals surface area contributed by atoms with Crippen molar-refractivity contribution in [2.75, 3.05) is 0 Å². The lowest BCUT2D eigenvalue weighted by Gasteiger charge is -1.99. The van der Waals surface area contributed by atoms with E-state index >= 15 is 0 Å². The summed E-state index contributed by atoms with van der Waals surface area (Å²) in [5, 5.41) is 0.755. The third kappa shape index (κ3) is 1.64. The maximum atomic E-state index is 6.15. The summed E-state index contributed by atoms with van der Waals surface area (Å²) < 4.78 is 3.10. The fourth-order valence-corrected chi connectivity index (χ4v) is 3.10. The molecule has 0 saturated carbocycles. The van der Waals surface area contributed by atoms with Crippen molar-refractivity contribution in [1.29, 1.82) is 0 Å². The van der Waals surface area contributed by atoms with Gasteiger partial charge in [0.05, 0.1) is 32.0 Å². The molecule has 3 nitrogen and oxygen atoms in total. The van der Waals surface area contributed by atoms with Crippen molar-refractivity contribution >= 4 is 33.2 Å². The molecule has 17 heavy (non-hydrogen) atoms. The second kappa shape index (κ2) is 3.82. The predicted molar refractivity (Wildman–Crippen MR) is 71.6 cm³/mol. The third-order valence-corrected chi connectivity index (χ3v) is 4.44. The minimum Gasteiger partial charge on any atom is -0.331 e. The molecule has 0 bridgehead atoms. The van der Waals surface area contributed by atoms with Gasteiger partial charge in [-0.05, 0) is 19.1 Å². The van der Waals surface area contributed by atoms with Gasteiger partial charge in [0.25, 0.3) is 0 Å². The summed E-state index contributed by atoms with van der Waals surface area (Å²) in [5.41, 5.74) is 2.04. The average Bonchev–Trinajstić information content (AvgIpc) is 2.85. The Morgan fingerprint density at radius 2 is 2.18 bits per heavy atom. The lowest BCUT2D eigenvalue weighted by atomic mass is 10.3. The number of hydrogen-bond acceptors (Lipinski definition) is 3. The Hall–Kier alpha value is -1.39. The number of fused-ring (bicyclic) bond motifs is 1. The van der Waals surface area contributed by atoms with Gasteiger partial charge in [-0.2, -0.15) is 0 Å². The first-order valence-corrected chi connectivity index (χ1v) is 6.39. The molecule has 3 aromatic rings. The van der Waals surface area contributed by atoms with E-state index in [1.54, 1.807) is 17.5 Å². The third-order valence-electron chi connectivity index (χ3n) is 2.84. The van der Waals surface area contributed by atoms with Gasteiger partial charge in [-0.1, -0.05) is 11.6 Å². The Bertz CT molecular complexity index is 699. The minimum absolute atomic E-state index is 0.755. The number of imidazole rings is 1. The number of aromatic nitrogens is 3. The fraction of sp³-hybridized carbons (Fsp3) is 0.167. The van der Waals surface area contributed by atoms with Crippen LogP contribution in [0.25, 0.3) is 20.8 Å². The molecule has 0 aliphatic carbocycles. The van der Waals surface area contributed by atoms with Crippen LogP contribution in [0.4, 0.5) is 0 Å². The van der Waals surface area contributed by atoms with E-state index in [1.165, 1.54) is 0 Å². The van der Waals surface area contributed by atoms with Gasteiger partial charge < -0.3 is 4.57 Å². The molecule has 0 amide bonds. The SMILES string of the molecule is Cc1ncc(-c2cc3nccc(Cl)c3s2)n1C.